The molecule has 2 aromatic carbocycles. The highest BCUT2D eigenvalue weighted by atomic mass is 35.5. The Labute approximate surface area is 213 Å². The molecule has 5 rings (SSSR count). The molecule has 2 aliphatic rings. The van der Waals surface area contributed by atoms with Crippen LogP contribution in [0.4, 0.5) is 0 Å². The second-order valence-electron chi connectivity index (χ2n) is 9.48. The second kappa shape index (κ2) is 12.1. The van der Waals surface area contributed by atoms with Crippen molar-refractivity contribution < 1.29 is 10.3 Å². The van der Waals surface area contributed by atoms with Gasteiger partial charge < -0.3 is 10.8 Å². The number of nitrogens with zero attached hydrogens (tertiary/aromatic N) is 3. The number of nitriles is 1. The molecule has 0 saturated heterocycles. The Kier molecular flexibility index (Phi) is 9.22. The lowest BCUT2D eigenvalue weighted by molar-refractivity contribution is 0.0921. The van der Waals surface area contributed by atoms with Crippen LogP contribution in [0.25, 0.3) is 10.9 Å². The maximum Gasteiger partial charge on any atom is 0.252 e. The third-order valence-electron chi connectivity index (χ3n) is 7.36. The summed E-state index contributed by atoms with van der Waals surface area (Å²) in [4.78, 5) is 19.8. The van der Waals surface area contributed by atoms with Crippen molar-refractivity contribution >= 4 is 29.2 Å². The van der Waals surface area contributed by atoms with Crippen LogP contribution in [0.5, 0.6) is 0 Å². The normalized spacial score (nSPS) is 19.5. The summed E-state index contributed by atoms with van der Waals surface area (Å²) < 4.78 is 0. The number of aromatic nitrogens is 1. The molecule has 35 heavy (non-hydrogen) atoms. The van der Waals surface area contributed by atoms with Gasteiger partial charge in [0, 0.05) is 30.7 Å². The van der Waals surface area contributed by atoms with Gasteiger partial charge in [0.15, 0.2) is 0 Å². The SMILES string of the molecule is Cl.N#Cc1ccc2c(c1)CCN(CCC1CCC(NC(=O)c3ccnc4ccccc34)CC1)C2.O. The minimum absolute atomic E-state index is 0. The second-order valence-corrected chi connectivity index (χ2v) is 9.48. The van der Waals surface area contributed by atoms with Crippen molar-refractivity contribution in [3.05, 3.63) is 77.0 Å². The first kappa shape index (κ1) is 26.6. The summed E-state index contributed by atoms with van der Waals surface area (Å²) in [5.74, 6) is 0.755. The average Bonchev–Trinajstić information content (AvgIpc) is 2.87. The molecule has 0 radical (unpaired) electrons. The summed E-state index contributed by atoms with van der Waals surface area (Å²) in [7, 11) is 0. The van der Waals surface area contributed by atoms with Crippen molar-refractivity contribution in [1.82, 2.24) is 15.2 Å². The van der Waals surface area contributed by atoms with Gasteiger partial charge in [0.25, 0.3) is 5.91 Å². The largest absolute Gasteiger partial charge is 0.412 e. The molecule has 6 nitrogen and oxygen atoms in total. The van der Waals surface area contributed by atoms with Crippen molar-refractivity contribution in [1.29, 1.82) is 5.26 Å². The first-order valence-corrected chi connectivity index (χ1v) is 12.1. The van der Waals surface area contributed by atoms with Crippen LogP contribution in [0, 0.1) is 17.2 Å². The van der Waals surface area contributed by atoms with Gasteiger partial charge in [-0.2, -0.15) is 5.26 Å². The first-order chi connectivity index (χ1) is 16.2. The van der Waals surface area contributed by atoms with Crippen molar-refractivity contribution in [2.75, 3.05) is 13.1 Å². The number of pyridine rings is 1. The van der Waals surface area contributed by atoms with Gasteiger partial charge in [0.1, 0.15) is 0 Å². The molecule has 0 unspecified atom stereocenters. The number of halogens is 1. The van der Waals surface area contributed by atoms with Crippen LogP contribution in [0.1, 0.15) is 59.2 Å². The lowest BCUT2D eigenvalue weighted by Gasteiger charge is -2.33. The molecule has 184 valence electrons. The van der Waals surface area contributed by atoms with E-state index >= 15 is 0 Å². The zero-order valence-corrected chi connectivity index (χ0v) is 20.7. The van der Waals surface area contributed by atoms with E-state index in [4.69, 9.17) is 5.26 Å². The van der Waals surface area contributed by atoms with Crippen LogP contribution in [0.15, 0.2) is 54.7 Å². The Hall–Kier alpha value is -2.98. The molecule has 3 aromatic rings. The van der Waals surface area contributed by atoms with Crippen molar-refractivity contribution in [2.45, 2.75) is 51.1 Å². The fraction of sp³-hybridized carbons (Fsp3) is 0.393. The van der Waals surface area contributed by atoms with Crippen molar-refractivity contribution in [3.8, 4) is 6.07 Å². The van der Waals surface area contributed by atoms with Crippen LogP contribution in [-0.4, -0.2) is 40.4 Å². The number of carbonyl (C=O) groups is 1. The Morgan fingerprint density at radius 3 is 2.69 bits per heavy atom. The number of benzene rings is 2. The average molecular weight is 493 g/mol. The Morgan fingerprint density at radius 2 is 1.89 bits per heavy atom. The van der Waals surface area contributed by atoms with Gasteiger partial charge in [0.2, 0.25) is 0 Å². The van der Waals surface area contributed by atoms with Crippen molar-refractivity contribution in [3.63, 3.8) is 0 Å². The number of nitrogens with one attached hydrogen (secondary N) is 1. The predicted octanol–water partition coefficient (Wildman–Crippen LogP) is 4.44. The lowest BCUT2D eigenvalue weighted by atomic mass is 9.83. The summed E-state index contributed by atoms with van der Waals surface area (Å²) in [5.41, 5.74) is 5.05. The van der Waals surface area contributed by atoms with Gasteiger partial charge in [-0.1, -0.05) is 24.3 Å². The molecule has 1 amide bonds. The maximum absolute atomic E-state index is 12.9. The Bertz CT molecular complexity index is 1200. The van der Waals surface area contributed by atoms with E-state index in [1.165, 1.54) is 30.4 Å². The number of hydrogen-bond donors (Lipinski definition) is 1. The standard InChI is InChI=1S/C28H30N4O.ClH.H2O/c29-18-21-5-8-23-19-32(16-13-22(23)17-21)15-12-20-6-9-24(10-7-20)31-28(33)26-11-14-30-27-4-2-1-3-25(26)27;;/h1-5,8,11,14,17,20,24H,6-7,9-10,12-13,15-16,19H2,(H,31,33);1H;1H2. The number of carbonyl (C=O) groups excluding carboxylic acids is 1. The predicted molar refractivity (Wildman–Crippen MR) is 141 cm³/mol. The van der Waals surface area contributed by atoms with Gasteiger partial charge in [0.05, 0.1) is 22.7 Å². The molecule has 1 fully saturated rings. The molecular weight excluding hydrogens is 460 g/mol. The fourth-order valence-corrected chi connectivity index (χ4v) is 5.39. The topological polar surface area (TPSA) is 101 Å². The van der Waals surface area contributed by atoms with Gasteiger partial charge >= 0.3 is 0 Å². The van der Waals surface area contributed by atoms with E-state index in [1.807, 2.05) is 36.4 Å². The lowest BCUT2D eigenvalue weighted by Crippen LogP contribution is -2.38. The summed E-state index contributed by atoms with van der Waals surface area (Å²) in [6, 6.07) is 18.3. The van der Waals surface area contributed by atoms with E-state index < -0.39 is 0 Å². The van der Waals surface area contributed by atoms with E-state index in [0.29, 0.717) is 0 Å². The van der Waals surface area contributed by atoms with E-state index in [-0.39, 0.29) is 29.8 Å². The minimum Gasteiger partial charge on any atom is -0.412 e. The summed E-state index contributed by atoms with van der Waals surface area (Å²) in [5, 5.41) is 13.3. The molecule has 2 heterocycles. The highest BCUT2D eigenvalue weighted by molar-refractivity contribution is 6.06. The van der Waals surface area contributed by atoms with E-state index in [9.17, 15) is 4.79 Å². The number of hydrogen-bond acceptors (Lipinski definition) is 4. The van der Waals surface area contributed by atoms with Crippen LogP contribution in [0.3, 0.4) is 0 Å². The minimum atomic E-state index is 0. The van der Waals surface area contributed by atoms with Crippen LogP contribution < -0.4 is 5.32 Å². The van der Waals surface area contributed by atoms with Gasteiger partial charge in [-0.05, 0) is 86.4 Å². The smallest absolute Gasteiger partial charge is 0.252 e. The van der Waals surface area contributed by atoms with Crippen LogP contribution in [-0.2, 0) is 13.0 Å². The van der Waals surface area contributed by atoms with E-state index in [0.717, 1.165) is 66.8 Å². The molecule has 0 atom stereocenters. The molecule has 1 aliphatic carbocycles. The zero-order valence-electron chi connectivity index (χ0n) is 19.9. The van der Waals surface area contributed by atoms with E-state index in [2.05, 4.69) is 33.4 Å². The third kappa shape index (κ3) is 6.18. The number of rotatable bonds is 5. The maximum atomic E-state index is 12.9. The van der Waals surface area contributed by atoms with Crippen LogP contribution in [0.2, 0.25) is 0 Å². The third-order valence-corrected chi connectivity index (χ3v) is 7.36. The molecule has 0 bridgehead atoms. The monoisotopic (exact) mass is 492 g/mol. The summed E-state index contributed by atoms with van der Waals surface area (Å²) >= 11 is 0. The number of para-hydroxylation sites is 1. The summed E-state index contributed by atoms with van der Waals surface area (Å²) in [6.07, 6.45) is 8.44. The number of fused-ring (bicyclic) bond motifs is 2. The Morgan fingerprint density at radius 1 is 1.09 bits per heavy atom. The molecule has 3 N–H and O–H groups in total. The summed E-state index contributed by atoms with van der Waals surface area (Å²) in [6.45, 7) is 3.20. The fourth-order valence-electron chi connectivity index (χ4n) is 5.39. The molecule has 1 aromatic heterocycles. The van der Waals surface area contributed by atoms with Crippen molar-refractivity contribution in [2.24, 2.45) is 5.92 Å². The highest BCUT2D eigenvalue weighted by Crippen LogP contribution is 2.29. The zero-order chi connectivity index (χ0) is 22.6. The van der Waals surface area contributed by atoms with Gasteiger partial charge in [-0.25, -0.2) is 0 Å². The molecule has 0 spiro atoms. The molecule has 1 aliphatic heterocycles. The first-order valence-electron chi connectivity index (χ1n) is 12.1. The van der Waals surface area contributed by atoms with E-state index in [1.54, 1.807) is 6.20 Å². The molecule has 1 saturated carbocycles. The van der Waals surface area contributed by atoms with Crippen LogP contribution >= 0.6 is 12.4 Å². The molecule has 7 heteroatoms. The number of amides is 1. The van der Waals surface area contributed by atoms with Gasteiger partial charge in [-0.3, -0.25) is 14.7 Å². The quantitative estimate of drug-likeness (QED) is 0.568. The van der Waals surface area contributed by atoms with Gasteiger partial charge in [-0.15, -0.1) is 12.4 Å². The molecular formula is C28H33ClN4O2. The Balaban J connectivity index is 0.00000171. The highest BCUT2D eigenvalue weighted by Gasteiger charge is 2.24.